The Morgan fingerprint density at radius 2 is 2.00 bits per heavy atom. The van der Waals surface area contributed by atoms with Crippen molar-refractivity contribution in [2.24, 2.45) is 5.10 Å². The largest absolute Gasteiger partial charge is 0.455 e. The SMILES string of the molecule is Nc1nnnn1/N=C/c1ccc(-c2ccc(Br)cc2)o1. The number of hydrogen-bond acceptors (Lipinski definition) is 6. The normalized spacial score (nSPS) is 11.2. The van der Waals surface area contributed by atoms with Crippen molar-refractivity contribution >= 4 is 28.1 Å². The van der Waals surface area contributed by atoms with E-state index in [0.29, 0.717) is 5.76 Å². The molecule has 2 aromatic heterocycles. The van der Waals surface area contributed by atoms with Crippen molar-refractivity contribution in [3.63, 3.8) is 0 Å². The van der Waals surface area contributed by atoms with Crippen LogP contribution in [0.25, 0.3) is 11.3 Å². The molecular formula is C12H9BrN6O. The van der Waals surface area contributed by atoms with Crippen molar-refractivity contribution in [3.8, 4) is 11.3 Å². The van der Waals surface area contributed by atoms with Crippen LogP contribution >= 0.6 is 15.9 Å². The van der Waals surface area contributed by atoms with Crippen molar-refractivity contribution in [3.05, 3.63) is 46.6 Å². The van der Waals surface area contributed by atoms with E-state index in [2.05, 4.69) is 36.6 Å². The van der Waals surface area contributed by atoms with E-state index in [0.717, 1.165) is 20.6 Å². The number of nitrogen functional groups attached to an aromatic ring is 1. The molecule has 1 aromatic carbocycles. The van der Waals surface area contributed by atoms with E-state index in [9.17, 15) is 0 Å². The van der Waals surface area contributed by atoms with Crippen LogP contribution < -0.4 is 5.73 Å². The minimum absolute atomic E-state index is 0.112. The Morgan fingerprint density at radius 3 is 2.70 bits per heavy atom. The van der Waals surface area contributed by atoms with E-state index in [1.807, 2.05) is 30.3 Å². The Bertz CT molecular complexity index is 745. The molecule has 0 radical (unpaired) electrons. The molecule has 3 aromatic rings. The van der Waals surface area contributed by atoms with Gasteiger partial charge in [-0.3, -0.25) is 0 Å². The molecule has 0 aliphatic carbocycles. The first-order chi connectivity index (χ1) is 9.72. The Balaban J connectivity index is 1.82. The zero-order valence-electron chi connectivity index (χ0n) is 10.1. The first-order valence-corrected chi connectivity index (χ1v) is 6.46. The molecular weight excluding hydrogens is 324 g/mol. The maximum atomic E-state index is 5.66. The van der Waals surface area contributed by atoms with Crippen LogP contribution in [0.2, 0.25) is 0 Å². The summed E-state index contributed by atoms with van der Waals surface area (Å²) >= 11 is 3.39. The molecule has 20 heavy (non-hydrogen) atoms. The molecule has 100 valence electrons. The van der Waals surface area contributed by atoms with E-state index in [-0.39, 0.29) is 5.95 Å². The Morgan fingerprint density at radius 1 is 1.20 bits per heavy atom. The van der Waals surface area contributed by atoms with Gasteiger partial charge in [0.1, 0.15) is 11.5 Å². The van der Waals surface area contributed by atoms with E-state index >= 15 is 0 Å². The molecule has 0 saturated carbocycles. The van der Waals surface area contributed by atoms with Crippen LogP contribution in [0, 0.1) is 0 Å². The quantitative estimate of drug-likeness (QED) is 0.741. The van der Waals surface area contributed by atoms with Crippen molar-refractivity contribution in [2.75, 3.05) is 5.73 Å². The lowest BCUT2D eigenvalue weighted by Crippen LogP contribution is -1.99. The maximum Gasteiger partial charge on any atom is 0.263 e. The van der Waals surface area contributed by atoms with Gasteiger partial charge < -0.3 is 10.2 Å². The van der Waals surface area contributed by atoms with Crippen molar-refractivity contribution < 1.29 is 4.42 Å². The van der Waals surface area contributed by atoms with E-state index in [1.165, 1.54) is 6.21 Å². The average Bonchev–Trinajstić information content (AvgIpc) is 3.06. The number of tetrazole rings is 1. The van der Waals surface area contributed by atoms with Crippen LogP contribution in [0.4, 0.5) is 5.95 Å². The van der Waals surface area contributed by atoms with Crippen LogP contribution in [0.1, 0.15) is 5.76 Å². The number of furan rings is 1. The van der Waals surface area contributed by atoms with Crippen LogP contribution in [-0.4, -0.2) is 26.5 Å². The average molecular weight is 333 g/mol. The molecule has 0 amide bonds. The fourth-order valence-corrected chi connectivity index (χ4v) is 1.84. The van der Waals surface area contributed by atoms with Crippen molar-refractivity contribution in [2.45, 2.75) is 0 Å². The number of rotatable bonds is 3. The summed E-state index contributed by atoms with van der Waals surface area (Å²) in [5.74, 6) is 1.45. The third-order valence-electron chi connectivity index (χ3n) is 2.53. The molecule has 0 aliphatic rings. The van der Waals surface area contributed by atoms with E-state index in [4.69, 9.17) is 10.2 Å². The third kappa shape index (κ3) is 2.59. The predicted molar refractivity (Wildman–Crippen MR) is 77.1 cm³/mol. The van der Waals surface area contributed by atoms with Crippen LogP contribution in [-0.2, 0) is 0 Å². The number of nitrogens with two attached hydrogens (primary N) is 1. The van der Waals surface area contributed by atoms with Gasteiger partial charge in [0.2, 0.25) is 0 Å². The monoisotopic (exact) mass is 332 g/mol. The summed E-state index contributed by atoms with van der Waals surface area (Å²) in [7, 11) is 0. The summed E-state index contributed by atoms with van der Waals surface area (Å²) < 4.78 is 6.68. The zero-order chi connectivity index (χ0) is 13.9. The predicted octanol–water partition coefficient (Wildman–Crippen LogP) is 2.16. The number of halogens is 1. The van der Waals surface area contributed by atoms with Crippen LogP contribution in [0.3, 0.4) is 0 Å². The molecule has 3 rings (SSSR count). The Kier molecular flexibility index (Phi) is 3.30. The highest BCUT2D eigenvalue weighted by Crippen LogP contribution is 2.23. The number of aromatic nitrogens is 4. The molecule has 7 nitrogen and oxygen atoms in total. The van der Waals surface area contributed by atoms with Gasteiger partial charge in [-0.15, -0.1) is 0 Å². The molecule has 0 fully saturated rings. The summed E-state index contributed by atoms with van der Waals surface area (Å²) in [6.07, 6.45) is 1.50. The molecule has 0 unspecified atom stereocenters. The first kappa shape index (κ1) is 12.5. The Labute approximate surface area is 122 Å². The summed E-state index contributed by atoms with van der Waals surface area (Å²) in [6.45, 7) is 0. The van der Waals surface area contributed by atoms with Gasteiger partial charge in [0.15, 0.2) is 0 Å². The minimum Gasteiger partial charge on any atom is -0.455 e. The van der Waals surface area contributed by atoms with Crippen LogP contribution in [0.5, 0.6) is 0 Å². The lowest BCUT2D eigenvalue weighted by atomic mass is 10.2. The second-order valence-corrected chi connectivity index (χ2v) is 4.80. The fraction of sp³-hybridized carbons (Fsp3) is 0. The van der Waals surface area contributed by atoms with E-state index in [1.54, 1.807) is 6.07 Å². The minimum atomic E-state index is 0.112. The summed E-state index contributed by atoms with van der Waals surface area (Å²) in [4.78, 5) is 1.11. The third-order valence-corrected chi connectivity index (χ3v) is 3.06. The molecule has 0 saturated heterocycles. The highest BCUT2D eigenvalue weighted by atomic mass is 79.9. The van der Waals surface area contributed by atoms with Gasteiger partial charge in [0.05, 0.1) is 6.21 Å². The summed E-state index contributed by atoms with van der Waals surface area (Å²) in [6, 6.07) is 11.5. The van der Waals surface area contributed by atoms with Gasteiger partial charge in [-0.2, -0.15) is 5.10 Å². The van der Waals surface area contributed by atoms with Gasteiger partial charge in [0, 0.05) is 10.0 Å². The molecule has 0 bridgehead atoms. The van der Waals surface area contributed by atoms with Crippen molar-refractivity contribution in [1.82, 2.24) is 20.3 Å². The second kappa shape index (κ2) is 5.25. The molecule has 8 heteroatoms. The summed E-state index contributed by atoms with van der Waals surface area (Å²) in [5.41, 5.74) is 6.47. The van der Waals surface area contributed by atoms with Gasteiger partial charge in [-0.25, -0.2) is 0 Å². The van der Waals surface area contributed by atoms with Crippen molar-refractivity contribution in [1.29, 1.82) is 0 Å². The fourth-order valence-electron chi connectivity index (χ4n) is 1.57. The first-order valence-electron chi connectivity index (χ1n) is 5.66. The van der Waals surface area contributed by atoms with Gasteiger partial charge >= 0.3 is 0 Å². The van der Waals surface area contributed by atoms with Gasteiger partial charge in [-0.1, -0.05) is 38.0 Å². The number of anilines is 1. The highest BCUT2D eigenvalue weighted by molar-refractivity contribution is 9.10. The lowest BCUT2D eigenvalue weighted by Gasteiger charge is -1.96. The number of nitrogens with zero attached hydrogens (tertiary/aromatic N) is 5. The molecule has 0 atom stereocenters. The van der Waals surface area contributed by atoms with Gasteiger partial charge in [-0.05, 0) is 34.7 Å². The standard InChI is InChI=1S/C12H9BrN6O/c13-9-3-1-8(2-4-9)11-6-5-10(20-11)7-15-19-12(14)16-17-18-19/h1-7H,(H2,14,16,18)/b15-7+. The molecule has 0 spiro atoms. The maximum absolute atomic E-state index is 5.66. The summed E-state index contributed by atoms with van der Waals surface area (Å²) in [5, 5.41) is 14.5. The number of benzene rings is 1. The highest BCUT2D eigenvalue weighted by Gasteiger charge is 2.04. The van der Waals surface area contributed by atoms with E-state index < -0.39 is 0 Å². The Hall–Kier alpha value is -2.48. The topological polar surface area (TPSA) is 95.1 Å². The smallest absolute Gasteiger partial charge is 0.263 e. The second-order valence-electron chi connectivity index (χ2n) is 3.88. The van der Waals surface area contributed by atoms with Crippen LogP contribution in [0.15, 0.2) is 50.4 Å². The van der Waals surface area contributed by atoms with Gasteiger partial charge in [0.25, 0.3) is 5.95 Å². The molecule has 2 heterocycles. The lowest BCUT2D eigenvalue weighted by molar-refractivity contribution is 0.573. The molecule has 0 aliphatic heterocycles. The molecule has 2 N–H and O–H groups in total. The zero-order valence-corrected chi connectivity index (χ0v) is 11.7. The number of hydrogen-bond donors (Lipinski definition) is 1.